The molecular weight excluding hydrogens is 406 g/mol. The Balaban J connectivity index is 2.81. The van der Waals surface area contributed by atoms with E-state index in [1.54, 1.807) is 20.8 Å². The van der Waals surface area contributed by atoms with Crippen LogP contribution in [-0.4, -0.2) is 39.9 Å². The molecule has 0 aliphatic carbocycles. The lowest BCUT2D eigenvalue weighted by Gasteiger charge is -2.23. The maximum absolute atomic E-state index is 11.8. The third-order valence-electron chi connectivity index (χ3n) is 3.52. The van der Waals surface area contributed by atoms with Crippen LogP contribution < -0.4 is 5.32 Å². The average molecular weight is 430 g/mol. The van der Waals surface area contributed by atoms with Crippen LogP contribution in [0.4, 0.5) is 4.79 Å². The Morgan fingerprint density at radius 3 is 2.04 bits per heavy atom. The van der Waals surface area contributed by atoms with Gasteiger partial charge in [0, 0.05) is 5.33 Å². The highest BCUT2D eigenvalue weighted by Crippen LogP contribution is 2.17. The molecule has 144 valence electrons. The number of hydrogen-bond donors (Lipinski definition) is 3. The van der Waals surface area contributed by atoms with E-state index in [-0.39, 0.29) is 12.8 Å². The van der Waals surface area contributed by atoms with Gasteiger partial charge in [0.25, 0.3) is 0 Å². The number of alkyl halides is 1. The second kappa shape index (κ2) is 9.56. The van der Waals surface area contributed by atoms with Crippen LogP contribution >= 0.6 is 15.9 Å². The number of benzene rings is 1. The van der Waals surface area contributed by atoms with Gasteiger partial charge in [-0.1, -0.05) is 40.2 Å². The van der Waals surface area contributed by atoms with Gasteiger partial charge in [-0.15, -0.1) is 0 Å². The van der Waals surface area contributed by atoms with Crippen LogP contribution in [0.15, 0.2) is 24.3 Å². The van der Waals surface area contributed by atoms with Gasteiger partial charge in [0.2, 0.25) is 0 Å². The van der Waals surface area contributed by atoms with Crippen molar-refractivity contribution in [1.29, 1.82) is 0 Å². The van der Waals surface area contributed by atoms with E-state index in [0.29, 0.717) is 5.33 Å². The Bertz CT molecular complexity index is 638. The van der Waals surface area contributed by atoms with Gasteiger partial charge in [0.1, 0.15) is 11.6 Å². The minimum atomic E-state index is -1.35. The molecule has 0 aliphatic heterocycles. The number of carbonyl (C=O) groups is 3. The van der Waals surface area contributed by atoms with Crippen molar-refractivity contribution >= 4 is 34.0 Å². The van der Waals surface area contributed by atoms with Gasteiger partial charge >= 0.3 is 18.0 Å². The fourth-order valence-electron chi connectivity index (χ4n) is 2.28. The Hall–Kier alpha value is -2.09. The molecule has 1 unspecified atom stereocenters. The Morgan fingerprint density at radius 1 is 1.08 bits per heavy atom. The summed E-state index contributed by atoms with van der Waals surface area (Å²) >= 11 is 3.34. The molecule has 0 bridgehead atoms. The summed E-state index contributed by atoms with van der Waals surface area (Å²) in [6, 6.07) is 6.01. The second-order valence-electron chi connectivity index (χ2n) is 6.96. The summed E-state index contributed by atoms with van der Waals surface area (Å²) in [7, 11) is 0. The maximum atomic E-state index is 11.8. The monoisotopic (exact) mass is 429 g/mol. The highest BCUT2D eigenvalue weighted by molar-refractivity contribution is 9.08. The van der Waals surface area contributed by atoms with E-state index >= 15 is 0 Å². The lowest BCUT2D eigenvalue weighted by atomic mass is 9.92. The number of rotatable bonds is 8. The van der Waals surface area contributed by atoms with E-state index in [1.165, 1.54) is 0 Å². The molecule has 0 aromatic heterocycles. The molecule has 0 saturated carbocycles. The number of aliphatic carboxylic acids is 2. The number of nitrogens with one attached hydrogen (secondary N) is 1. The van der Waals surface area contributed by atoms with E-state index in [0.717, 1.165) is 11.1 Å². The number of carboxylic acid groups (broad SMARTS) is 2. The normalized spacial score (nSPS) is 13.5. The second-order valence-corrected chi connectivity index (χ2v) is 7.52. The number of hydrogen-bond acceptors (Lipinski definition) is 4. The first-order valence-electron chi connectivity index (χ1n) is 8.10. The van der Waals surface area contributed by atoms with Gasteiger partial charge in [-0.25, -0.2) is 9.59 Å². The van der Waals surface area contributed by atoms with Gasteiger partial charge in [-0.05, 0) is 44.7 Å². The Kier molecular flexibility index (Phi) is 8.08. The zero-order valence-electron chi connectivity index (χ0n) is 15.0. The molecule has 0 aliphatic rings. The highest BCUT2D eigenvalue weighted by Gasteiger charge is 2.30. The summed E-state index contributed by atoms with van der Waals surface area (Å²) in [5.74, 6) is -3.38. The van der Waals surface area contributed by atoms with E-state index in [9.17, 15) is 24.6 Å². The van der Waals surface area contributed by atoms with Crippen molar-refractivity contribution < 1.29 is 29.3 Å². The molecule has 8 heteroatoms. The van der Waals surface area contributed by atoms with Crippen molar-refractivity contribution in [3.8, 4) is 0 Å². The van der Waals surface area contributed by atoms with Crippen LogP contribution in [-0.2, 0) is 26.1 Å². The smallest absolute Gasteiger partial charge is 0.408 e. The molecule has 0 spiro atoms. The first-order valence-corrected chi connectivity index (χ1v) is 9.23. The quantitative estimate of drug-likeness (QED) is 0.546. The summed E-state index contributed by atoms with van der Waals surface area (Å²) < 4.78 is 5.04. The SMILES string of the molecule is CC(C)(C)OC(=O)N[C@@H](CC(Cc1ccc(CBr)cc1)C(=O)O)C(=O)O. The predicted molar refractivity (Wildman–Crippen MR) is 99.3 cm³/mol. The lowest BCUT2D eigenvalue weighted by Crippen LogP contribution is -2.45. The van der Waals surface area contributed by atoms with Gasteiger partial charge in [-0.3, -0.25) is 4.79 Å². The van der Waals surface area contributed by atoms with Crippen LogP contribution in [0, 0.1) is 5.92 Å². The third-order valence-corrected chi connectivity index (χ3v) is 4.17. The van der Waals surface area contributed by atoms with Crippen molar-refractivity contribution in [2.75, 3.05) is 0 Å². The lowest BCUT2D eigenvalue weighted by molar-refractivity contribution is -0.144. The topological polar surface area (TPSA) is 113 Å². The van der Waals surface area contributed by atoms with Crippen LogP contribution in [0.3, 0.4) is 0 Å². The summed E-state index contributed by atoms with van der Waals surface area (Å²) in [6.07, 6.45) is -0.974. The fraction of sp³-hybridized carbons (Fsp3) is 0.500. The zero-order chi connectivity index (χ0) is 19.9. The van der Waals surface area contributed by atoms with Crippen molar-refractivity contribution in [2.24, 2.45) is 5.92 Å². The minimum Gasteiger partial charge on any atom is -0.481 e. The molecular formula is C18H24BrNO6. The molecule has 1 aromatic rings. The number of carbonyl (C=O) groups excluding carboxylic acids is 1. The van der Waals surface area contributed by atoms with E-state index in [4.69, 9.17) is 4.74 Å². The van der Waals surface area contributed by atoms with Gasteiger partial charge in [0.05, 0.1) is 5.92 Å². The molecule has 0 radical (unpaired) electrons. The highest BCUT2D eigenvalue weighted by atomic mass is 79.9. The molecule has 7 nitrogen and oxygen atoms in total. The molecule has 0 fully saturated rings. The molecule has 1 rings (SSSR count). The molecule has 2 atom stereocenters. The van der Waals surface area contributed by atoms with Crippen molar-refractivity contribution in [2.45, 2.75) is 50.6 Å². The van der Waals surface area contributed by atoms with Gasteiger partial charge < -0.3 is 20.3 Å². The molecule has 0 heterocycles. The summed E-state index contributed by atoms with van der Waals surface area (Å²) in [5.41, 5.74) is 1.05. The van der Waals surface area contributed by atoms with Crippen LogP contribution in [0.1, 0.15) is 38.3 Å². The van der Waals surface area contributed by atoms with Crippen molar-refractivity contribution in [3.05, 3.63) is 35.4 Å². The number of amides is 1. The van der Waals surface area contributed by atoms with E-state index in [1.807, 2.05) is 24.3 Å². The predicted octanol–water partition coefficient (Wildman–Crippen LogP) is 3.19. The average Bonchev–Trinajstić information content (AvgIpc) is 2.52. The van der Waals surface area contributed by atoms with E-state index in [2.05, 4.69) is 21.2 Å². The number of ether oxygens (including phenoxy) is 1. The number of carboxylic acids is 2. The first-order chi connectivity index (χ1) is 12.0. The fourth-order valence-corrected chi connectivity index (χ4v) is 2.65. The molecule has 3 N–H and O–H groups in total. The number of halogens is 1. The van der Waals surface area contributed by atoms with Gasteiger partial charge in [-0.2, -0.15) is 0 Å². The minimum absolute atomic E-state index is 0.164. The number of alkyl carbamates (subject to hydrolysis) is 1. The standard InChI is InChI=1S/C18H24BrNO6/c1-18(2,3)26-17(25)20-14(16(23)24)9-13(15(21)22)8-11-4-6-12(10-19)7-5-11/h4-7,13-14H,8-10H2,1-3H3,(H,20,25)(H,21,22)(H,23,24)/t13?,14-/m0/s1. The largest absolute Gasteiger partial charge is 0.481 e. The first kappa shape index (κ1) is 22.0. The van der Waals surface area contributed by atoms with Gasteiger partial charge in [0.15, 0.2) is 0 Å². The Labute approximate surface area is 160 Å². The van der Waals surface area contributed by atoms with Crippen LogP contribution in [0.25, 0.3) is 0 Å². The molecule has 26 heavy (non-hydrogen) atoms. The molecule has 1 amide bonds. The van der Waals surface area contributed by atoms with Crippen LogP contribution in [0.2, 0.25) is 0 Å². The molecule has 0 saturated heterocycles. The molecule has 1 aromatic carbocycles. The summed E-state index contributed by atoms with van der Waals surface area (Å²) in [5, 5.41) is 21.7. The summed E-state index contributed by atoms with van der Waals surface area (Å²) in [4.78, 5) is 34.8. The summed E-state index contributed by atoms with van der Waals surface area (Å²) in [6.45, 7) is 4.96. The maximum Gasteiger partial charge on any atom is 0.408 e. The third kappa shape index (κ3) is 7.86. The zero-order valence-corrected chi connectivity index (χ0v) is 16.6. The van der Waals surface area contributed by atoms with E-state index < -0.39 is 35.6 Å². The van der Waals surface area contributed by atoms with Crippen molar-refractivity contribution in [3.63, 3.8) is 0 Å². The van der Waals surface area contributed by atoms with Crippen molar-refractivity contribution in [1.82, 2.24) is 5.32 Å². The Morgan fingerprint density at radius 2 is 1.62 bits per heavy atom. The van der Waals surface area contributed by atoms with Crippen LogP contribution in [0.5, 0.6) is 0 Å².